The normalized spacial score (nSPS) is 19.3. The molecule has 1 N–H and O–H groups in total. The lowest BCUT2D eigenvalue weighted by Crippen LogP contribution is -2.55. The largest absolute Gasteiger partial charge is 0.447 e. The highest BCUT2D eigenvalue weighted by atomic mass is 79.9. The summed E-state index contributed by atoms with van der Waals surface area (Å²) >= 11 is 3.20. The average Bonchev–Trinajstić information content (AvgIpc) is 2.54. The van der Waals surface area contributed by atoms with Gasteiger partial charge < -0.3 is 15.0 Å². The van der Waals surface area contributed by atoms with Crippen LogP contribution in [0.3, 0.4) is 0 Å². The summed E-state index contributed by atoms with van der Waals surface area (Å²) in [7, 11) is 0. The summed E-state index contributed by atoms with van der Waals surface area (Å²) in [5, 5.41) is 2.55. The minimum Gasteiger partial charge on any atom is -0.447 e. The van der Waals surface area contributed by atoms with Crippen LogP contribution in [0.1, 0.15) is 42.6 Å². The molecule has 1 saturated heterocycles. The first-order valence-electron chi connectivity index (χ1n) is 8.34. The molecule has 1 atom stereocenters. The molecule has 6 nitrogen and oxygen atoms in total. The zero-order valence-corrected chi connectivity index (χ0v) is 16.5. The predicted octanol–water partition coefficient (Wildman–Crippen LogP) is 3.53. The third kappa shape index (κ3) is 5.36. The molecule has 9 heteroatoms. The number of piperidine rings is 1. The van der Waals surface area contributed by atoms with Gasteiger partial charge in [0.05, 0.1) is 12.6 Å². The topological polar surface area (TPSA) is 71.5 Å². The number of alkyl halides is 2. The maximum absolute atomic E-state index is 13.9. The van der Waals surface area contributed by atoms with Crippen molar-refractivity contribution in [3.63, 3.8) is 0 Å². The van der Waals surface area contributed by atoms with E-state index in [4.69, 9.17) is 4.74 Å². The number of alkyl carbamates (subject to hydrolysis) is 1. The van der Waals surface area contributed by atoms with Crippen LogP contribution in [0.15, 0.2) is 16.9 Å². The zero-order valence-electron chi connectivity index (χ0n) is 14.9. The lowest BCUT2D eigenvalue weighted by Gasteiger charge is -2.39. The van der Waals surface area contributed by atoms with E-state index >= 15 is 0 Å². The van der Waals surface area contributed by atoms with Crippen LogP contribution in [0.5, 0.6) is 0 Å². The summed E-state index contributed by atoms with van der Waals surface area (Å²) in [5.41, 5.74) is 0.900. The number of hydrogen-bond acceptors (Lipinski definition) is 4. The molecule has 0 spiro atoms. The molecule has 1 aliphatic heterocycles. The van der Waals surface area contributed by atoms with E-state index in [1.54, 1.807) is 20.8 Å². The number of carbonyl (C=O) groups excluding carboxylic acids is 2. The molecule has 1 aromatic rings. The minimum atomic E-state index is -2.96. The number of ether oxygens (including phenoxy) is 1. The third-order valence-corrected chi connectivity index (χ3v) is 4.51. The van der Waals surface area contributed by atoms with Crippen molar-refractivity contribution in [3.8, 4) is 0 Å². The van der Waals surface area contributed by atoms with Crippen molar-refractivity contribution < 1.29 is 23.1 Å². The van der Waals surface area contributed by atoms with E-state index in [1.807, 2.05) is 0 Å². The molecule has 0 unspecified atom stereocenters. The number of hydrogen-bond donors (Lipinski definition) is 1. The smallest absolute Gasteiger partial charge is 0.407 e. The van der Waals surface area contributed by atoms with E-state index in [1.165, 1.54) is 12.3 Å². The first kappa shape index (κ1) is 20.5. The molecule has 0 aliphatic carbocycles. The second-order valence-corrected chi connectivity index (χ2v) is 7.45. The van der Waals surface area contributed by atoms with Gasteiger partial charge in [-0.1, -0.05) is 0 Å². The van der Waals surface area contributed by atoms with Crippen LogP contribution in [0.25, 0.3) is 0 Å². The summed E-state index contributed by atoms with van der Waals surface area (Å²) in [5.74, 6) is -3.46. The molecule has 0 aromatic carbocycles. The molecule has 1 fully saturated rings. The van der Waals surface area contributed by atoms with Crippen LogP contribution in [-0.2, 0) is 4.74 Å². The molecule has 1 aliphatic rings. The number of carbonyl (C=O) groups is 2. The van der Waals surface area contributed by atoms with Gasteiger partial charge in [-0.25, -0.2) is 18.6 Å². The average molecular weight is 434 g/mol. The Morgan fingerprint density at radius 1 is 1.50 bits per heavy atom. The van der Waals surface area contributed by atoms with Crippen LogP contribution in [0.4, 0.5) is 13.6 Å². The van der Waals surface area contributed by atoms with Crippen LogP contribution in [-0.4, -0.2) is 53.0 Å². The number of pyridine rings is 1. The van der Waals surface area contributed by atoms with Gasteiger partial charge in [-0.2, -0.15) is 0 Å². The number of aromatic nitrogens is 1. The molecule has 0 saturated carbocycles. The Hall–Kier alpha value is -1.77. The number of aryl methyl sites for hydroxylation is 1. The van der Waals surface area contributed by atoms with Gasteiger partial charge in [0.2, 0.25) is 0 Å². The van der Waals surface area contributed by atoms with E-state index in [9.17, 15) is 18.4 Å². The van der Waals surface area contributed by atoms with Crippen LogP contribution in [0, 0.1) is 6.92 Å². The predicted molar refractivity (Wildman–Crippen MR) is 95.3 cm³/mol. The van der Waals surface area contributed by atoms with Crippen molar-refractivity contribution in [2.75, 3.05) is 13.1 Å². The van der Waals surface area contributed by atoms with Crippen LogP contribution >= 0.6 is 15.9 Å². The lowest BCUT2D eigenvalue weighted by atomic mass is 9.97. The number of amides is 2. The molecule has 26 heavy (non-hydrogen) atoms. The van der Waals surface area contributed by atoms with E-state index in [2.05, 4.69) is 26.2 Å². The Kier molecular flexibility index (Phi) is 6.54. The SMILES string of the molecule is Cc1cnc(Br)cc1C(=O)N1CC(F)(F)CC[C@@H]1CNC(=O)OC(C)C. The van der Waals surface area contributed by atoms with E-state index < -0.39 is 30.5 Å². The zero-order chi connectivity index (χ0) is 19.5. The van der Waals surface area contributed by atoms with Gasteiger partial charge >= 0.3 is 6.09 Å². The molecule has 2 rings (SSSR count). The van der Waals surface area contributed by atoms with Gasteiger partial charge in [0.15, 0.2) is 0 Å². The molecule has 1 aromatic heterocycles. The number of nitrogens with one attached hydrogen (secondary N) is 1. The van der Waals surface area contributed by atoms with Crippen molar-refractivity contribution in [2.45, 2.75) is 51.7 Å². The Balaban J connectivity index is 2.17. The second-order valence-electron chi connectivity index (χ2n) is 6.64. The van der Waals surface area contributed by atoms with Crippen LogP contribution < -0.4 is 5.32 Å². The standard InChI is InChI=1S/C17H22BrF2N3O3/c1-10(2)26-16(25)22-8-12-4-5-17(19,20)9-23(12)15(24)13-6-14(18)21-7-11(13)3/h6-7,10,12H,4-5,8-9H2,1-3H3,(H,22,25)/t12-/m1/s1. The Labute approximate surface area is 159 Å². The maximum atomic E-state index is 13.9. The first-order chi connectivity index (χ1) is 12.1. The third-order valence-electron chi connectivity index (χ3n) is 4.07. The quantitative estimate of drug-likeness (QED) is 0.737. The maximum Gasteiger partial charge on any atom is 0.407 e. The van der Waals surface area contributed by atoms with E-state index in [-0.39, 0.29) is 25.5 Å². The Morgan fingerprint density at radius 2 is 2.19 bits per heavy atom. The molecule has 0 bridgehead atoms. The molecule has 144 valence electrons. The summed E-state index contributed by atoms with van der Waals surface area (Å²) in [6.07, 6.45) is 0.341. The van der Waals surface area contributed by atoms with Crippen molar-refractivity contribution >= 4 is 27.9 Å². The minimum absolute atomic E-state index is 0.0542. The number of rotatable bonds is 4. The summed E-state index contributed by atoms with van der Waals surface area (Å²) < 4.78 is 33.3. The van der Waals surface area contributed by atoms with Gasteiger partial charge in [-0.05, 0) is 54.8 Å². The fourth-order valence-corrected chi connectivity index (χ4v) is 3.11. The van der Waals surface area contributed by atoms with Gasteiger partial charge in [0, 0.05) is 30.8 Å². The highest BCUT2D eigenvalue weighted by molar-refractivity contribution is 9.10. The summed E-state index contributed by atoms with van der Waals surface area (Å²) in [6.45, 7) is 4.48. The van der Waals surface area contributed by atoms with E-state index in [0.717, 1.165) is 4.90 Å². The Morgan fingerprint density at radius 3 is 2.85 bits per heavy atom. The lowest BCUT2D eigenvalue weighted by molar-refractivity contribution is -0.0715. The van der Waals surface area contributed by atoms with Gasteiger partial charge in [-0.3, -0.25) is 4.79 Å². The molecular weight excluding hydrogens is 412 g/mol. The van der Waals surface area contributed by atoms with Gasteiger partial charge in [0.25, 0.3) is 11.8 Å². The number of nitrogens with zero attached hydrogens (tertiary/aromatic N) is 2. The second kappa shape index (κ2) is 8.28. The summed E-state index contributed by atoms with van der Waals surface area (Å²) in [4.78, 5) is 29.7. The number of likely N-dealkylation sites (tertiary alicyclic amines) is 1. The fourth-order valence-electron chi connectivity index (χ4n) is 2.78. The van der Waals surface area contributed by atoms with Crippen molar-refractivity contribution in [3.05, 3.63) is 28.0 Å². The fraction of sp³-hybridized carbons (Fsp3) is 0.588. The first-order valence-corrected chi connectivity index (χ1v) is 9.14. The molecule has 2 amide bonds. The van der Waals surface area contributed by atoms with E-state index in [0.29, 0.717) is 15.7 Å². The number of halogens is 3. The highest BCUT2D eigenvalue weighted by Crippen LogP contribution is 2.31. The molecule has 2 heterocycles. The van der Waals surface area contributed by atoms with Crippen molar-refractivity contribution in [2.24, 2.45) is 0 Å². The van der Waals surface area contributed by atoms with Crippen molar-refractivity contribution in [1.29, 1.82) is 0 Å². The highest BCUT2D eigenvalue weighted by Gasteiger charge is 2.42. The van der Waals surface area contributed by atoms with Crippen molar-refractivity contribution in [1.82, 2.24) is 15.2 Å². The van der Waals surface area contributed by atoms with Crippen LogP contribution in [0.2, 0.25) is 0 Å². The summed E-state index contributed by atoms with van der Waals surface area (Å²) in [6, 6.07) is 0.982. The molecular formula is C17H22BrF2N3O3. The molecule has 0 radical (unpaired) electrons. The Bertz CT molecular complexity index is 685. The van der Waals surface area contributed by atoms with Gasteiger partial charge in [-0.15, -0.1) is 0 Å². The van der Waals surface area contributed by atoms with Gasteiger partial charge in [0.1, 0.15) is 4.60 Å². The monoisotopic (exact) mass is 433 g/mol.